The first-order valence-corrected chi connectivity index (χ1v) is 10.9. The number of carbonyl (C=O) groups excluding carboxylic acids is 1. The lowest BCUT2D eigenvalue weighted by atomic mass is 9.91. The predicted octanol–water partition coefficient (Wildman–Crippen LogP) is 4.70. The van der Waals surface area contributed by atoms with Gasteiger partial charge in [0.15, 0.2) is 14.5 Å². The van der Waals surface area contributed by atoms with E-state index in [4.69, 9.17) is 0 Å². The van der Waals surface area contributed by atoms with E-state index in [-0.39, 0.29) is 0 Å². The number of hydrogen-bond acceptors (Lipinski definition) is 1. The van der Waals surface area contributed by atoms with Gasteiger partial charge in [0.25, 0.3) is 0 Å². The Morgan fingerprint density at radius 3 is 2.21 bits per heavy atom. The fourth-order valence-electron chi connectivity index (χ4n) is 2.64. The summed E-state index contributed by atoms with van der Waals surface area (Å²) in [6.45, 7) is 15.8. The van der Waals surface area contributed by atoms with Gasteiger partial charge in [-0.1, -0.05) is 47.3 Å². The van der Waals surface area contributed by atoms with Gasteiger partial charge in [0.2, 0.25) is 0 Å². The molecule has 0 saturated carbocycles. The minimum absolute atomic E-state index is 0.464. The molecule has 2 nitrogen and oxygen atoms in total. The molecule has 108 valence electrons. The Labute approximate surface area is 119 Å². The Balaban J connectivity index is 3.45. The minimum Gasteiger partial charge on any atom is -0.372 e. The molecule has 19 heavy (non-hydrogen) atoms. The number of aromatic nitrogens is 1. The second-order valence-electron chi connectivity index (χ2n) is 7.02. The van der Waals surface area contributed by atoms with E-state index in [1.165, 1.54) is 11.1 Å². The topological polar surface area (TPSA) is 22.0 Å². The molecule has 1 aromatic heterocycles. The summed E-state index contributed by atoms with van der Waals surface area (Å²) in [6.07, 6.45) is 5.49. The average molecular weight is 280 g/mol. The molecule has 0 aliphatic rings. The van der Waals surface area contributed by atoms with Crippen molar-refractivity contribution in [3.05, 3.63) is 23.0 Å². The lowest BCUT2D eigenvalue weighted by molar-refractivity contribution is 0.111. The van der Waals surface area contributed by atoms with Gasteiger partial charge >= 0.3 is 0 Å². The standard InChI is InChI=1S/C16H29NOSi/c1-8-13(4)16-14(9-12(2)3)10-17(15(16)11-18)19(5,6)7/h10-13H,8-9H2,1-7H3. The third-order valence-electron chi connectivity index (χ3n) is 3.73. The van der Waals surface area contributed by atoms with Crippen LogP contribution in [-0.2, 0) is 6.42 Å². The van der Waals surface area contributed by atoms with Crippen LogP contribution in [0.25, 0.3) is 0 Å². The summed E-state index contributed by atoms with van der Waals surface area (Å²) in [5.41, 5.74) is 3.62. The molecule has 0 aliphatic heterocycles. The molecular weight excluding hydrogens is 250 g/mol. The molecule has 1 unspecified atom stereocenters. The molecule has 0 aliphatic carbocycles. The first-order chi connectivity index (χ1) is 8.72. The molecule has 0 radical (unpaired) electrons. The van der Waals surface area contributed by atoms with Gasteiger partial charge in [-0.15, -0.1) is 0 Å². The molecule has 0 bridgehead atoms. The van der Waals surface area contributed by atoms with Crippen LogP contribution < -0.4 is 0 Å². The zero-order chi connectivity index (χ0) is 14.8. The molecule has 1 atom stereocenters. The third-order valence-corrected chi connectivity index (χ3v) is 5.55. The summed E-state index contributed by atoms with van der Waals surface area (Å²) < 4.78 is 2.29. The maximum Gasteiger partial charge on any atom is 0.165 e. The van der Waals surface area contributed by atoms with Crippen molar-refractivity contribution in [3.63, 3.8) is 0 Å². The third kappa shape index (κ3) is 3.59. The maximum absolute atomic E-state index is 11.6. The van der Waals surface area contributed by atoms with E-state index < -0.39 is 8.24 Å². The van der Waals surface area contributed by atoms with Crippen molar-refractivity contribution in [2.75, 3.05) is 0 Å². The maximum atomic E-state index is 11.6. The van der Waals surface area contributed by atoms with Crippen LogP contribution in [0.2, 0.25) is 19.6 Å². The monoisotopic (exact) mass is 279 g/mol. The highest BCUT2D eigenvalue weighted by molar-refractivity contribution is 6.74. The van der Waals surface area contributed by atoms with E-state index in [9.17, 15) is 4.79 Å². The van der Waals surface area contributed by atoms with Gasteiger partial charge in [-0.25, -0.2) is 0 Å². The second-order valence-corrected chi connectivity index (χ2v) is 11.8. The highest BCUT2D eigenvalue weighted by Gasteiger charge is 2.26. The smallest absolute Gasteiger partial charge is 0.165 e. The molecule has 0 amide bonds. The number of aldehydes is 1. The van der Waals surface area contributed by atoms with Gasteiger partial charge in [0, 0.05) is 0 Å². The number of hydrogen-bond donors (Lipinski definition) is 0. The lowest BCUT2D eigenvalue weighted by Gasteiger charge is -2.21. The molecule has 3 heteroatoms. The van der Waals surface area contributed by atoms with Crippen LogP contribution >= 0.6 is 0 Å². The molecule has 1 heterocycles. The first kappa shape index (κ1) is 16.2. The number of carbonyl (C=O) groups is 1. The minimum atomic E-state index is -1.53. The normalized spacial score (nSPS) is 13.9. The zero-order valence-corrected chi connectivity index (χ0v) is 14.6. The van der Waals surface area contributed by atoms with Crippen LogP contribution in [-0.4, -0.2) is 18.8 Å². The van der Waals surface area contributed by atoms with Crippen molar-refractivity contribution in [2.45, 2.75) is 66.1 Å². The van der Waals surface area contributed by atoms with Crippen LogP contribution in [0.15, 0.2) is 6.20 Å². The summed E-state index contributed by atoms with van der Waals surface area (Å²) in [4.78, 5) is 11.6. The summed E-state index contributed by atoms with van der Waals surface area (Å²) in [7, 11) is -1.53. The Hall–Kier alpha value is -0.833. The van der Waals surface area contributed by atoms with E-state index >= 15 is 0 Å². The van der Waals surface area contributed by atoms with Crippen molar-refractivity contribution in [2.24, 2.45) is 5.92 Å². The van der Waals surface area contributed by atoms with Crippen LogP contribution in [0.3, 0.4) is 0 Å². The average Bonchev–Trinajstić information content (AvgIpc) is 2.65. The van der Waals surface area contributed by atoms with Crippen molar-refractivity contribution >= 4 is 14.5 Å². The van der Waals surface area contributed by atoms with Gasteiger partial charge in [0.1, 0.15) is 0 Å². The highest BCUT2D eigenvalue weighted by Crippen LogP contribution is 2.31. The van der Waals surface area contributed by atoms with Crippen LogP contribution in [0.4, 0.5) is 0 Å². The summed E-state index contributed by atoms with van der Waals surface area (Å²) >= 11 is 0. The van der Waals surface area contributed by atoms with Gasteiger partial charge in [-0.2, -0.15) is 0 Å². The van der Waals surface area contributed by atoms with Gasteiger partial charge < -0.3 is 4.23 Å². The van der Waals surface area contributed by atoms with Crippen molar-refractivity contribution < 1.29 is 4.79 Å². The largest absolute Gasteiger partial charge is 0.372 e. The highest BCUT2D eigenvalue weighted by atomic mass is 28.3. The summed E-state index contributed by atoms with van der Waals surface area (Å²) in [5, 5.41) is 0. The Kier molecular flexibility index (Phi) is 5.19. The van der Waals surface area contributed by atoms with E-state index in [1.807, 2.05) is 0 Å². The predicted molar refractivity (Wildman–Crippen MR) is 85.8 cm³/mol. The van der Waals surface area contributed by atoms with Crippen LogP contribution in [0.1, 0.15) is 61.6 Å². The van der Waals surface area contributed by atoms with Crippen molar-refractivity contribution in [1.29, 1.82) is 0 Å². The van der Waals surface area contributed by atoms with Gasteiger partial charge in [0.05, 0.1) is 5.69 Å². The molecule has 0 saturated heterocycles. The van der Waals surface area contributed by atoms with Crippen LogP contribution in [0, 0.1) is 5.92 Å². The summed E-state index contributed by atoms with van der Waals surface area (Å²) in [6, 6.07) is 0. The number of nitrogens with zero attached hydrogens (tertiary/aromatic N) is 1. The second kappa shape index (κ2) is 6.08. The Morgan fingerprint density at radius 1 is 1.26 bits per heavy atom. The quantitative estimate of drug-likeness (QED) is 0.546. The fourth-order valence-corrected chi connectivity index (χ4v) is 4.08. The fraction of sp³-hybridized carbons (Fsp3) is 0.688. The summed E-state index contributed by atoms with van der Waals surface area (Å²) in [5.74, 6) is 1.09. The molecule has 0 spiro atoms. The number of rotatable bonds is 6. The zero-order valence-electron chi connectivity index (χ0n) is 13.6. The lowest BCUT2D eigenvalue weighted by Crippen LogP contribution is -2.33. The molecule has 0 N–H and O–H groups in total. The van der Waals surface area contributed by atoms with E-state index in [0.29, 0.717) is 11.8 Å². The van der Waals surface area contributed by atoms with E-state index in [2.05, 4.69) is 57.8 Å². The SMILES string of the molecule is CCC(C)c1c(CC(C)C)cn([Si](C)(C)C)c1C=O. The molecular formula is C16H29NOSi. The van der Waals surface area contributed by atoms with Crippen molar-refractivity contribution in [3.8, 4) is 0 Å². The first-order valence-electron chi connectivity index (χ1n) is 7.42. The van der Waals surface area contributed by atoms with Crippen molar-refractivity contribution in [1.82, 2.24) is 4.23 Å². The molecule has 1 rings (SSSR count). The van der Waals surface area contributed by atoms with Crippen LogP contribution in [0.5, 0.6) is 0 Å². The Morgan fingerprint density at radius 2 is 1.84 bits per heavy atom. The van der Waals surface area contributed by atoms with Gasteiger partial charge in [-0.3, -0.25) is 4.79 Å². The molecule has 0 aromatic carbocycles. The van der Waals surface area contributed by atoms with E-state index in [1.54, 1.807) is 0 Å². The molecule has 1 aromatic rings. The van der Waals surface area contributed by atoms with Gasteiger partial charge in [-0.05, 0) is 42.0 Å². The molecule has 0 fully saturated rings. The van der Waals surface area contributed by atoms with E-state index in [0.717, 1.165) is 24.8 Å². The Bertz CT molecular complexity index is 440.